The summed E-state index contributed by atoms with van der Waals surface area (Å²) in [5, 5.41) is 3.29. The van der Waals surface area contributed by atoms with Gasteiger partial charge in [0.1, 0.15) is 24.2 Å². The van der Waals surface area contributed by atoms with Gasteiger partial charge >= 0.3 is 5.97 Å². The number of rotatable bonds is 7. The lowest BCUT2D eigenvalue weighted by Gasteiger charge is -2.27. The van der Waals surface area contributed by atoms with Gasteiger partial charge in [-0.15, -0.1) is 0 Å². The highest BCUT2D eigenvalue weighted by Gasteiger charge is 2.32. The molecule has 0 saturated heterocycles. The van der Waals surface area contributed by atoms with Crippen LogP contribution in [0.5, 0.6) is 5.75 Å². The molecule has 0 saturated carbocycles. The first-order valence-corrected chi connectivity index (χ1v) is 11.1. The summed E-state index contributed by atoms with van der Waals surface area (Å²) < 4.78 is 11.6. The molecule has 0 amide bonds. The second-order valence-corrected chi connectivity index (χ2v) is 7.94. The summed E-state index contributed by atoms with van der Waals surface area (Å²) >= 11 is 0. The van der Waals surface area contributed by atoms with Gasteiger partial charge in [-0.2, -0.15) is 0 Å². The van der Waals surface area contributed by atoms with Crippen LogP contribution in [0.25, 0.3) is 0 Å². The molecular formula is C28H28N2O3. The molecule has 1 unspecified atom stereocenters. The van der Waals surface area contributed by atoms with Crippen molar-refractivity contribution in [2.75, 3.05) is 6.61 Å². The molecule has 0 bridgehead atoms. The normalized spacial score (nSPS) is 15.5. The lowest BCUT2D eigenvalue weighted by atomic mass is 9.94. The van der Waals surface area contributed by atoms with Gasteiger partial charge in [0.25, 0.3) is 0 Å². The first-order valence-electron chi connectivity index (χ1n) is 11.1. The average molecular weight is 441 g/mol. The molecule has 0 fully saturated rings. The zero-order valence-electron chi connectivity index (χ0n) is 19.2. The molecule has 0 radical (unpaired) electrons. The first kappa shape index (κ1) is 22.3. The molecule has 0 spiro atoms. The number of nitrogens with one attached hydrogen (secondary N) is 1. The number of para-hydroxylation sites is 1. The van der Waals surface area contributed by atoms with Crippen LogP contribution in [0.3, 0.4) is 0 Å². The number of carbonyl (C=O) groups is 1. The van der Waals surface area contributed by atoms with Crippen molar-refractivity contribution in [3.05, 3.63) is 112 Å². The molecule has 1 aliphatic rings. The number of esters is 1. The number of ether oxygens (including phenoxy) is 2. The number of nitrogens with zero attached hydrogens (tertiary/aromatic N) is 1. The van der Waals surface area contributed by atoms with E-state index in [0.717, 1.165) is 22.4 Å². The van der Waals surface area contributed by atoms with Crippen LogP contribution in [0.15, 0.2) is 95.1 Å². The number of amidine groups is 1. The molecule has 3 aromatic carbocycles. The van der Waals surface area contributed by atoms with E-state index in [0.29, 0.717) is 30.4 Å². The Kier molecular flexibility index (Phi) is 6.89. The van der Waals surface area contributed by atoms with E-state index in [1.54, 1.807) is 6.92 Å². The Bertz CT molecular complexity index is 1180. The lowest BCUT2D eigenvalue weighted by molar-refractivity contribution is -0.138. The van der Waals surface area contributed by atoms with E-state index in [9.17, 15) is 4.79 Å². The van der Waals surface area contributed by atoms with Gasteiger partial charge in [-0.1, -0.05) is 78.4 Å². The molecule has 3 aromatic rings. The van der Waals surface area contributed by atoms with Gasteiger partial charge in [-0.25, -0.2) is 4.79 Å². The summed E-state index contributed by atoms with van der Waals surface area (Å²) in [5.74, 6) is 1.02. The van der Waals surface area contributed by atoms with Gasteiger partial charge in [0.05, 0.1) is 12.2 Å². The van der Waals surface area contributed by atoms with E-state index in [1.165, 1.54) is 5.56 Å². The maximum atomic E-state index is 12.9. The van der Waals surface area contributed by atoms with Crippen LogP contribution in [-0.4, -0.2) is 18.4 Å². The molecule has 1 atom stereocenters. The van der Waals surface area contributed by atoms with Gasteiger partial charge in [0, 0.05) is 16.8 Å². The standard InChI is InChI=1S/C28H28N2O3/c1-4-32-28(31)25-20(3)29-27(22-10-6-5-7-11-22)30-26(25)23-12-8-9-13-24(23)33-18-21-16-14-19(2)15-17-21/h5-17,26H,4,18H2,1-3H3,(H,29,30). The number of hydrogen-bond donors (Lipinski definition) is 1. The SMILES string of the molecule is CCOC(=O)C1=C(C)NC(c2ccccc2)=NC1c1ccccc1OCc1ccc(C)cc1. The fraction of sp³-hybridized carbons (Fsp3) is 0.214. The van der Waals surface area contributed by atoms with E-state index in [1.807, 2.05) is 61.5 Å². The van der Waals surface area contributed by atoms with Crippen molar-refractivity contribution in [1.29, 1.82) is 0 Å². The van der Waals surface area contributed by atoms with E-state index >= 15 is 0 Å². The van der Waals surface area contributed by atoms with Crippen molar-refractivity contribution >= 4 is 11.8 Å². The first-order chi connectivity index (χ1) is 16.1. The Morgan fingerprint density at radius 2 is 1.64 bits per heavy atom. The van der Waals surface area contributed by atoms with Gasteiger partial charge in [0.15, 0.2) is 0 Å². The van der Waals surface area contributed by atoms with E-state index in [2.05, 4.69) is 36.5 Å². The molecule has 168 valence electrons. The van der Waals surface area contributed by atoms with E-state index in [-0.39, 0.29) is 5.97 Å². The topological polar surface area (TPSA) is 59.9 Å². The van der Waals surface area contributed by atoms with Gasteiger partial charge in [-0.3, -0.25) is 4.99 Å². The number of benzene rings is 3. The predicted octanol–water partition coefficient (Wildman–Crippen LogP) is 5.50. The third-order valence-corrected chi connectivity index (χ3v) is 5.51. The van der Waals surface area contributed by atoms with Crippen LogP contribution in [0.2, 0.25) is 0 Å². The molecule has 5 nitrogen and oxygen atoms in total. The number of hydrogen-bond acceptors (Lipinski definition) is 5. The van der Waals surface area contributed by atoms with Gasteiger partial charge in [-0.05, 0) is 32.4 Å². The Balaban J connectivity index is 1.72. The molecule has 0 aromatic heterocycles. The number of carbonyl (C=O) groups excluding carboxylic acids is 1. The average Bonchev–Trinajstić information content (AvgIpc) is 2.84. The maximum Gasteiger partial charge on any atom is 0.338 e. The van der Waals surface area contributed by atoms with Crippen LogP contribution < -0.4 is 10.1 Å². The fourth-order valence-corrected chi connectivity index (χ4v) is 3.80. The molecule has 5 heteroatoms. The maximum absolute atomic E-state index is 12.9. The van der Waals surface area contributed by atoms with Crippen molar-refractivity contribution in [1.82, 2.24) is 5.32 Å². The van der Waals surface area contributed by atoms with E-state index in [4.69, 9.17) is 14.5 Å². The summed E-state index contributed by atoms with van der Waals surface area (Å²) in [5.41, 5.74) is 5.26. The fourth-order valence-electron chi connectivity index (χ4n) is 3.80. The largest absolute Gasteiger partial charge is 0.489 e. The highest BCUT2D eigenvalue weighted by molar-refractivity contribution is 6.03. The number of aryl methyl sites for hydroxylation is 1. The summed E-state index contributed by atoms with van der Waals surface area (Å²) in [6.07, 6.45) is 0. The Hall–Kier alpha value is -3.86. The minimum atomic E-state index is -0.547. The predicted molar refractivity (Wildman–Crippen MR) is 130 cm³/mol. The highest BCUT2D eigenvalue weighted by atomic mass is 16.5. The smallest absolute Gasteiger partial charge is 0.338 e. The van der Waals surface area contributed by atoms with Crippen molar-refractivity contribution in [3.8, 4) is 5.75 Å². The Morgan fingerprint density at radius 3 is 2.36 bits per heavy atom. The molecule has 1 aliphatic heterocycles. The molecule has 4 rings (SSSR count). The van der Waals surface area contributed by atoms with Crippen LogP contribution >= 0.6 is 0 Å². The highest BCUT2D eigenvalue weighted by Crippen LogP contribution is 2.37. The molecule has 33 heavy (non-hydrogen) atoms. The molecule has 1 N–H and O–H groups in total. The third kappa shape index (κ3) is 5.14. The minimum Gasteiger partial charge on any atom is -0.489 e. The van der Waals surface area contributed by atoms with Crippen molar-refractivity contribution < 1.29 is 14.3 Å². The minimum absolute atomic E-state index is 0.295. The zero-order chi connectivity index (χ0) is 23.2. The van der Waals surface area contributed by atoms with E-state index < -0.39 is 6.04 Å². The van der Waals surface area contributed by atoms with Gasteiger partial charge in [0.2, 0.25) is 0 Å². The summed E-state index contributed by atoms with van der Waals surface area (Å²) in [7, 11) is 0. The van der Waals surface area contributed by atoms with Crippen LogP contribution in [0, 0.1) is 6.92 Å². The monoisotopic (exact) mass is 440 g/mol. The Labute approximate surface area is 194 Å². The number of aliphatic imine (C=N–C) groups is 1. The molecular weight excluding hydrogens is 412 g/mol. The van der Waals surface area contributed by atoms with Crippen molar-refractivity contribution in [2.45, 2.75) is 33.4 Å². The van der Waals surface area contributed by atoms with Gasteiger partial charge < -0.3 is 14.8 Å². The summed E-state index contributed by atoms with van der Waals surface area (Å²) in [4.78, 5) is 17.9. The lowest BCUT2D eigenvalue weighted by Crippen LogP contribution is -2.33. The third-order valence-electron chi connectivity index (χ3n) is 5.51. The van der Waals surface area contributed by atoms with Crippen LogP contribution in [0.1, 0.15) is 42.1 Å². The summed E-state index contributed by atoms with van der Waals surface area (Å²) in [6.45, 7) is 6.46. The second-order valence-electron chi connectivity index (χ2n) is 7.94. The molecule has 1 heterocycles. The second kappa shape index (κ2) is 10.2. The quantitative estimate of drug-likeness (QED) is 0.493. The zero-order valence-corrected chi connectivity index (χ0v) is 19.2. The Morgan fingerprint density at radius 1 is 0.939 bits per heavy atom. The van der Waals surface area contributed by atoms with Crippen molar-refractivity contribution in [2.24, 2.45) is 4.99 Å². The van der Waals surface area contributed by atoms with Crippen molar-refractivity contribution in [3.63, 3.8) is 0 Å². The number of allylic oxidation sites excluding steroid dienone is 1. The van der Waals surface area contributed by atoms with Crippen LogP contribution in [0.4, 0.5) is 0 Å². The molecule has 0 aliphatic carbocycles. The summed E-state index contributed by atoms with van der Waals surface area (Å²) in [6, 6.07) is 25.3. The van der Waals surface area contributed by atoms with Crippen LogP contribution in [-0.2, 0) is 16.1 Å².